The summed E-state index contributed by atoms with van der Waals surface area (Å²) in [6.07, 6.45) is 4.55. The van der Waals surface area contributed by atoms with E-state index in [0.717, 1.165) is 11.4 Å². The maximum Gasteiger partial charge on any atom is 0.331 e. The number of primary amides is 1. The van der Waals surface area contributed by atoms with Gasteiger partial charge in [0.15, 0.2) is 12.4 Å². The number of aryl methyl sites for hydroxylation is 1. The van der Waals surface area contributed by atoms with E-state index in [1.54, 1.807) is 17.0 Å². The average Bonchev–Trinajstić information content (AvgIpc) is 3.25. The second-order valence-electron chi connectivity index (χ2n) is 5.53. The van der Waals surface area contributed by atoms with Gasteiger partial charge in [-0.05, 0) is 37.3 Å². The zero-order valence-corrected chi connectivity index (χ0v) is 14.1. The van der Waals surface area contributed by atoms with Crippen LogP contribution in [-0.4, -0.2) is 28.3 Å². The van der Waals surface area contributed by atoms with E-state index < -0.39 is 18.5 Å². The number of hydrogen-bond acceptors (Lipinski definition) is 5. The van der Waals surface area contributed by atoms with Crippen LogP contribution in [0.1, 0.15) is 11.3 Å². The second kappa shape index (κ2) is 7.52. The van der Waals surface area contributed by atoms with Gasteiger partial charge in [-0.2, -0.15) is 5.10 Å². The summed E-state index contributed by atoms with van der Waals surface area (Å²) in [5.41, 5.74) is 7.07. The molecular weight excluding hydrogens is 334 g/mol. The van der Waals surface area contributed by atoms with Crippen LogP contribution >= 0.6 is 0 Å². The van der Waals surface area contributed by atoms with E-state index in [4.69, 9.17) is 14.9 Å². The highest BCUT2D eigenvalue weighted by Gasteiger charge is 2.14. The number of ether oxygens (including phenoxy) is 1. The van der Waals surface area contributed by atoms with Gasteiger partial charge in [-0.25, -0.2) is 9.48 Å². The number of rotatable bonds is 6. The molecule has 0 unspecified atom stereocenters. The Balaban J connectivity index is 1.93. The highest BCUT2D eigenvalue weighted by molar-refractivity contribution is 5.90. The number of hydrogen-bond donors (Lipinski definition) is 1. The predicted molar refractivity (Wildman–Crippen MR) is 95.2 cm³/mol. The van der Waals surface area contributed by atoms with Crippen molar-refractivity contribution in [2.24, 2.45) is 5.73 Å². The van der Waals surface area contributed by atoms with Gasteiger partial charge in [0.25, 0.3) is 5.91 Å². The van der Waals surface area contributed by atoms with E-state index in [2.05, 4.69) is 5.10 Å². The number of carbonyl (C=O) groups is 2. The fourth-order valence-electron chi connectivity index (χ4n) is 2.32. The Labute approximate surface area is 149 Å². The topological polar surface area (TPSA) is 100 Å². The van der Waals surface area contributed by atoms with Crippen LogP contribution in [0.3, 0.4) is 0 Å². The Kier molecular flexibility index (Phi) is 4.98. The van der Waals surface area contributed by atoms with Crippen LogP contribution in [0.15, 0.2) is 59.2 Å². The van der Waals surface area contributed by atoms with Crippen molar-refractivity contribution >= 4 is 18.0 Å². The number of furan rings is 1. The summed E-state index contributed by atoms with van der Waals surface area (Å²) in [6.45, 7) is 1.38. The molecule has 0 saturated carbocycles. The molecule has 2 aromatic heterocycles. The molecule has 0 aliphatic carbocycles. The molecule has 3 aromatic rings. The van der Waals surface area contributed by atoms with Gasteiger partial charge in [0.2, 0.25) is 0 Å². The van der Waals surface area contributed by atoms with Crippen molar-refractivity contribution in [3.63, 3.8) is 0 Å². The van der Waals surface area contributed by atoms with E-state index in [9.17, 15) is 9.59 Å². The summed E-state index contributed by atoms with van der Waals surface area (Å²) in [5, 5.41) is 4.56. The first kappa shape index (κ1) is 17.2. The van der Waals surface area contributed by atoms with Crippen molar-refractivity contribution in [1.29, 1.82) is 0 Å². The molecule has 2 N–H and O–H groups in total. The lowest BCUT2D eigenvalue weighted by atomic mass is 10.2. The molecule has 26 heavy (non-hydrogen) atoms. The Bertz CT molecular complexity index is 954. The molecule has 0 bridgehead atoms. The van der Waals surface area contributed by atoms with E-state index in [-0.39, 0.29) is 0 Å². The van der Waals surface area contributed by atoms with Crippen LogP contribution in [0, 0.1) is 6.92 Å². The van der Waals surface area contributed by atoms with Crippen molar-refractivity contribution < 1.29 is 18.7 Å². The number of amides is 1. The fourth-order valence-corrected chi connectivity index (χ4v) is 2.32. The first-order chi connectivity index (χ1) is 12.5. The zero-order valence-electron chi connectivity index (χ0n) is 14.1. The minimum Gasteiger partial charge on any atom is -0.460 e. The second-order valence-corrected chi connectivity index (χ2v) is 5.53. The van der Waals surface area contributed by atoms with E-state index >= 15 is 0 Å². The van der Waals surface area contributed by atoms with Crippen molar-refractivity contribution in [3.05, 3.63) is 66.1 Å². The van der Waals surface area contributed by atoms with Crippen molar-refractivity contribution in [1.82, 2.24) is 9.78 Å². The summed E-state index contributed by atoms with van der Waals surface area (Å²) >= 11 is 0. The van der Waals surface area contributed by atoms with Crippen LogP contribution in [0.25, 0.3) is 23.2 Å². The summed E-state index contributed by atoms with van der Waals surface area (Å²) in [6, 6.07) is 13.2. The van der Waals surface area contributed by atoms with Crippen molar-refractivity contribution in [2.45, 2.75) is 6.92 Å². The number of aromatic nitrogens is 2. The van der Waals surface area contributed by atoms with Crippen molar-refractivity contribution in [3.8, 4) is 17.1 Å². The number of benzene rings is 1. The number of para-hydroxylation sites is 1. The third-order valence-corrected chi connectivity index (χ3v) is 3.49. The highest BCUT2D eigenvalue weighted by atomic mass is 16.5. The average molecular weight is 351 g/mol. The lowest BCUT2D eigenvalue weighted by Gasteiger charge is -1.98. The SMILES string of the molecule is Cc1ccc(-c2nn(-c3ccccc3)cc2/C=C/C(=O)OCC(N)=O)o1. The largest absolute Gasteiger partial charge is 0.460 e. The Morgan fingerprint density at radius 3 is 2.65 bits per heavy atom. The normalized spacial score (nSPS) is 11.0. The molecule has 0 fully saturated rings. The van der Waals surface area contributed by atoms with Crippen LogP contribution in [0.5, 0.6) is 0 Å². The Morgan fingerprint density at radius 1 is 1.23 bits per heavy atom. The van der Waals surface area contributed by atoms with Gasteiger partial charge in [0.1, 0.15) is 11.5 Å². The van der Waals surface area contributed by atoms with Gasteiger partial charge in [-0.1, -0.05) is 18.2 Å². The highest BCUT2D eigenvalue weighted by Crippen LogP contribution is 2.26. The fraction of sp³-hybridized carbons (Fsp3) is 0.105. The van der Waals surface area contributed by atoms with Crippen LogP contribution in [0.4, 0.5) is 0 Å². The van der Waals surface area contributed by atoms with Gasteiger partial charge >= 0.3 is 5.97 Å². The predicted octanol–water partition coefficient (Wildman–Crippen LogP) is 2.48. The van der Waals surface area contributed by atoms with E-state index in [0.29, 0.717) is 17.0 Å². The van der Waals surface area contributed by atoms with Crippen LogP contribution in [0.2, 0.25) is 0 Å². The van der Waals surface area contributed by atoms with Gasteiger partial charge in [-0.3, -0.25) is 4.79 Å². The van der Waals surface area contributed by atoms with Crippen LogP contribution in [-0.2, 0) is 14.3 Å². The first-order valence-corrected chi connectivity index (χ1v) is 7.88. The minimum absolute atomic E-state index is 0.462. The minimum atomic E-state index is -0.713. The molecule has 7 heteroatoms. The number of esters is 1. The molecular formula is C19H17N3O4. The standard InChI is InChI=1S/C19H17N3O4/c1-13-7-9-16(26-13)19-14(8-10-18(24)25-12-17(20)23)11-22(21-19)15-5-3-2-4-6-15/h2-11H,12H2,1H3,(H2,20,23)/b10-8+. The zero-order chi connectivity index (χ0) is 18.5. The Morgan fingerprint density at radius 2 is 2.00 bits per heavy atom. The molecule has 1 amide bonds. The van der Waals surface area contributed by atoms with Gasteiger partial charge in [-0.15, -0.1) is 0 Å². The van der Waals surface area contributed by atoms with Gasteiger partial charge in [0.05, 0.1) is 5.69 Å². The first-order valence-electron chi connectivity index (χ1n) is 7.88. The van der Waals surface area contributed by atoms with Gasteiger partial charge in [0, 0.05) is 17.8 Å². The lowest BCUT2D eigenvalue weighted by molar-refractivity contribution is -0.142. The lowest BCUT2D eigenvalue weighted by Crippen LogP contribution is -2.19. The smallest absolute Gasteiger partial charge is 0.331 e. The summed E-state index contributed by atoms with van der Waals surface area (Å²) < 4.78 is 12.1. The molecule has 1 aromatic carbocycles. The summed E-state index contributed by atoms with van der Waals surface area (Å²) in [4.78, 5) is 22.4. The number of nitrogens with two attached hydrogens (primary N) is 1. The summed E-state index contributed by atoms with van der Waals surface area (Å²) in [7, 11) is 0. The monoisotopic (exact) mass is 351 g/mol. The third kappa shape index (κ3) is 4.07. The maximum absolute atomic E-state index is 11.7. The van der Waals surface area contributed by atoms with Gasteiger partial charge < -0.3 is 14.9 Å². The quantitative estimate of drug-likeness (QED) is 0.543. The molecule has 2 heterocycles. The summed E-state index contributed by atoms with van der Waals surface area (Å²) in [5.74, 6) is -0.0411. The van der Waals surface area contributed by atoms with Crippen molar-refractivity contribution in [2.75, 3.05) is 6.61 Å². The third-order valence-electron chi connectivity index (χ3n) is 3.49. The maximum atomic E-state index is 11.7. The molecule has 0 saturated heterocycles. The van der Waals surface area contributed by atoms with E-state index in [1.165, 1.54) is 6.08 Å². The molecule has 0 radical (unpaired) electrons. The molecule has 0 aliphatic rings. The number of carbonyl (C=O) groups excluding carboxylic acids is 2. The Hall–Kier alpha value is -3.61. The molecule has 7 nitrogen and oxygen atoms in total. The van der Waals surface area contributed by atoms with Crippen LogP contribution < -0.4 is 5.73 Å². The number of nitrogens with zero attached hydrogens (tertiary/aromatic N) is 2. The molecule has 0 aliphatic heterocycles. The molecule has 0 atom stereocenters. The van der Waals surface area contributed by atoms with E-state index in [1.807, 2.05) is 49.4 Å². The molecule has 3 rings (SSSR count). The molecule has 0 spiro atoms. The molecule has 132 valence electrons.